The molecule has 1 amide bonds. The third-order valence-electron chi connectivity index (χ3n) is 1.93. The molecule has 0 fully saturated rings. The molecule has 76 valence electrons. The summed E-state index contributed by atoms with van der Waals surface area (Å²) in [6.07, 6.45) is 0. The highest BCUT2D eigenvalue weighted by Gasteiger charge is 2.05. The molecule has 1 unspecified atom stereocenters. The van der Waals surface area contributed by atoms with Crippen LogP contribution in [0.5, 0.6) is 0 Å². The molecular formula is C10H13ClN2O. The first-order valence-corrected chi connectivity index (χ1v) is 4.74. The van der Waals surface area contributed by atoms with Crippen molar-refractivity contribution in [2.45, 2.75) is 13.0 Å². The van der Waals surface area contributed by atoms with Crippen molar-refractivity contribution in [3.8, 4) is 0 Å². The predicted molar refractivity (Wildman–Crippen MR) is 57.1 cm³/mol. The van der Waals surface area contributed by atoms with Crippen LogP contribution in [0.4, 0.5) is 0 Å². The summed E-state index contributed by atoms with van der Waals surface area (Å²) in [6.45, 7) is 2.13. The van der Waals surface area contributed by atoms with E-state index in [0.29, 0.717) is 5.02 Å². The SMILES string of the molecule is CC(NCC(N)=O)c1cccc(Cl)c1. The zero-order valence-corrected chi connectivity index (χ0v) is 8.71. The van der Waals surface area contributed by atoms with Gasteiger partial charge in [-0.05, 0) is 24.6 Å². The number of benzene rings is 1. The van der Waals surface area contributed by atoms with Crippen molar-refractivity contribution >= 4 is 17.5 Å². The minimum atomic E-state index is -0.362. The van der Waals surface area contributed by atoms with Crippen LogP contribution >= 0.6 is 11.6 Å². The van der Waals surface area contributed by atoms with Crippen LogP contribution in [-0.4, -0.2) is 12.5 Å². The average Bonchev–Trinajstić information content (AvgIpc) is 2.14. The van der Waals surface area contributed by atoms with Crippen molar-refractivity contribution in [1.82, 2.24) is 5.32 Å². The van der Waals surface area contributed by atoms with Crippen LogP contribution in [0, 0.1) is 0 Å². The third-order valence-corrected chi connectivity index (χ3v) is 2.17. The summed E-state index contributed by atoms with van der Waals surface area (Å²) < 4.78 is 0. The average molecular weight is 213 g/mol. The van der Waals surface area contributed by atoms with E-state index >= 15 is 0 Å². The van der Waals surface area contributed by atoms with Gasteiger partial charge in [-0.2, -0.15) is 0 Å². The molecule has 0 saturated heterocycles. The van der Waals surface area contributed by atoms with Gasteiger partial charge in [0.15, 0.2) is 0 Å². The Morgan fingerprint density at radius 3 is 2.93 bits per heavy atom. The van der Waals surface area contributed by atoms with Gasteiger partial charge in [0.05, 0.1) is 6.54 Å². The largest absolute Gasteiger partial charge is 0.369 e. The van der Waals surface area contributed by atoms with E-state index in [0.717, 1.165) is 5.56 Å². The summed E-state index contributed by atoms with van der Waals surface area (Å²) in [5.74, 6) is -0.362. The van der Waals surface area contributed by atoms with E-state index in [1.54, 1.807) is 0 Å². The second kappa shape index (κ2) is 4.98. The number of amides is 1. The second-order valence-corrected chi connectivity index (χ2v) is 3.56. The molecule has 0 aliphatic carbocycles. The Hall–Kier alpha value is -1.06. The number of nitrogens with one attached hydrogen (secondary N) is 1. The molecule has 0 bridgehead atoms. The fourth-order valence-electron chi connectivity index (χ4n) is 1.15. The minimum Gasteiger partial charge on any atom is -0.369 e. The van der Waals surface area contributed by atoms with Gasteiger partial charge < -0.3 is 11.1 Å². The second-order valence-electron chi connectivity index (χ2n) is 3.12. The molecular weight excluding hydrogens is 200 g/mol. The molecule has 1 aromatic rings. The van der Waals surface area contributed by atoms with Crippen molar-refractivity contribution in [2.24, 2.45) is 5.73 Å². The van der Waals surface area contributed by atoms with E-state index in [1.807, 2.05) is 31.2 Å². The number of nitrogens with two attached hydrogens (primary N) is 1. The third kappa shape index (κ3) is 3.36. The fourth-order valence-corrected chi connectivity index (χ4v) is 1.35. The molecule has 0 aromatic heterocycles. The number of primary amides is 1. The van der Waals surface area contributed by atoms with E-state index in [4.69, 9.17) is 17.3 Å². The van der Waals surface area contributed by atoms with Crippen LogP contribution in [0.2, 0.25) is 5.02 Å². The van der Waals surface area contributed by atoms with Crippen molar-refractivity contribution in [1.29, 1.82) is 0 Å². The molecule has 0 saturated carbocycles. The highest BCUT2D eigenvalue weighted by molar-refractivity contribution is 6.30. The molecule has 1 aromatic carbocycles. The molecule has 14 heavy (non-hydrogen) atoms. The molecule has 1 rings (SSSR count). The highest BCUT2D eigenvalue weighted by atomic mass is 35.5. The van der Waals surface area contributed by atoms with E-state index in [-0.39, 0.29) is 18.5 Å². The fraction of sp³-hybridized carbons (Fsp3) is 0.300. The lowest BCUT2D eigenvalue weighted by molar-refractivity contribution is -0.117. The number of hydrogen-bond donors (Lipinski definition) is 2. The van der Waals surface area contributed by atoms with E-state index in [1.165, 1.54) is 0 Å². The Kier molecular flexibility index (Phi) is 3.92. The quantitative estimate of drug-likeness (QED) is 0.795. The highest BCUT2D eigenvalue weighted by Crippen LogP contribution is 2.16. The summed E-state index contributed by atoms with van der Waals surface area (Å²) in [6, 6.07) is 7.57. The molecule has 0 heterocycles. The molecule has 3 N–H and O–H groups in total. The van der Waals surface area contributed by atoms with Gasteiger partial charge in [0, 0.05) is 11.1 Å². The van der Waals surface area contributed by atoms with Crippen LogP contribution in [0.3, 0.4) is 0 Å². The van der Waals surface area contributed by atoms with Gasteiger partial charge in [-0.25, -0.2) is 0 Å². The normalized spacial score (nSPS) is 12.4. The Balaban J connectivity index is 2.60. The first-order valence-electron chi connectivity index (χ1n) is 4.36. The summed E-state index contributed by atoms with van der Waals surface area (Å²) in [7, 11) is 0. The standard InChI is InChI=1S/C10H13ClN2O/c1-7(13-6-10(12)14)8-3-2-4-9(11)5-8/h2-5,7,13H,6H2,1H3,(H2,12,14). The monoisotopic (exact) mass is 212 g/mol. The lowest BCUT2D eigenvalue weighted by Crippen LogP contribution is -2.30. The van der Waals surface area contributed by atoms with E-state index in [9.17, 15) is 4.79 Å². The van der Waals surface area contributed by atoms with Gasteiger partial charge in [0.25, 0.3) is 0 Å². The number of rotatable bonds is 4. The molecule has 4 heteroatoms. The zero-order valence-electron chi connectivity index (χ0n) is 7.96. The first kappa shape index (κ1) is 11.0. The number of halogens is 1. The van der Waals surface area contributed by atoms with Crippen LogP contribution in [0.1, 0.15) is 18.5 Å². The van der Waals surface area contributed by atoms with Gasteiger partial charge in [0.2, 0.25) is 5.91 Å². The smallest absolute Gasteiger partial charge is 0.231 e. The lowest BCUT2D eigenvalue weighted by Gasteiger charge is -2.12. The molecule has 1 atom stereocenters. The maximum atomic E-state index is 10.5. The lowest BCUT2D eigenvalue weighted by atomic mass is 10.1. The van der Waals surface area contributed by atoms with Gasteiger partial charge >= 0.3 is 0 Å². The number of hydrogen-bond acceptors (Lipinski definition) is 2. The molecule has 0 radical (unpaired) electrons. The minimum absolute atomic E-state index is 0.0706. The van der Waals surface area contributed by atoms with E-state index in [2.05, 4.69) is 5.32 Å². The summed E-state index contributed by atoms with van der Waals surface area (Å²) in [5, 5.41) is 3.68. The van der Waals surface area contributed by atoms with Crippen molar-refractivity contribution < 1.29 is 4.79 Å². The first-order chi connectivity index (χ1) is 6.59. The number of carbonyl (C=O) groups is 1. The van der Waals surface area contributed by atoms with Crippen LogP contribution < -0.4 is 11.1 Å². The van der Waals surface area contributed by atoms with Crippen LogP contribution in [-0.2, 0) is 4.79 Å². The zero-order chi connectivity index (χ0) is 10.6. The predicted octanol–water partition coefficient (Wildman–Crippen LogP) is 1.48. The van der Waals surface area contributed by atoms with Crippen molar-refractivity contribution in [3.05, 3.63) is 34.9 Å². The topological polar surface area (TPSA) is 55.1 Å². The summed E-state index contributed by atoms with van der Waals surface area (Å²) in [4.78, 5) is 10.5. The molecule has 0 aliphatic rings. The molecule has 0 spiro atoms. The Morgan fingerprint density at radius 2 is 2.36 bits per heavy atom. The van der Waals surface area contributed by atoms with Gasteiger partial charge in [0.1, 0.15) is 0 Å². The maximum Gasteiger partial charge on any atom is 0.231 e. The van der Waals surface area contributed by atoms with Crippen molar-refractivity contribution in [2.75, 3.05) is 6.54 Å². The summed E-state index contributed by atoms with van der Waals surface area (Å²) in [5.41, 5.74) is 6.06. The van der Waals surface area contributed by atoms with E-state index < -0.39 is 0 Å². The maximum absolute atomic E-state index is 10.5. The number of carbonyl (C=O) groups excluding carboxylic acids is 1. The molecule has 3 nitrogen and oxygen atoms in total. The van der Waals surface area contributed by atoms with Gasteiger partial charge in [-0.1, -0.05) is 23.7 Å². The van der Waals surface area contributed by atoms with Gasteiger partial charge in [-0.15, -0.1) is 0 Å². The Labute approximate surface area is 88.2 Å². The van der Waals surface area contributed by atoms with Crippen molar-refractivity contribution in [3.63, 3.8) is 0 Å². The van der Waals surface area contributed by atoms with Gasteiger partial charge in [-0.3, -0.25) is 4.79 Å². The molecule has 0 aliphatic heterocycles. The van der Waals surface area contributed by atoms with Crippen LogP contribution in [0.15, 0.2) is 24.3 Å². The Bertz CT molecular complexity index is 328. The summed E-state index contributed by atoms with van der Waals surface area (Å²) >= 11 is 5.83. The Morgan fingerprint density at radius 1 is 1.64 bits per heavy atom. The van der Waals surface area contributed by atoms with Crippen LogP contribution in [0.25, 0.3) is 0 Å².